The molecule has 0 unspecified atom stereocenters. The van der Waals surface area contributed by atoms with Crippen LogP contribution < -0.4 is 9.64 Å². The van der Waals surface area contributed by atoms with Gasteiger partial charge in [-0.05, 0) is 55.0 Å². The number of anilines is 1. The maximum atomic E-state index is 12.8. The molecule has 4 aromatic rings. The van der Waals surface area contributed by atoms with E-state index in [1.165, 1.54) is 6.07 Å². The number of alkyl halides is 3. The number of aryl methyl sites for hydroxylation is 1. The molecule has 3 aromatic heterocycles. The Morgan fingerprint density at radius 1 is 1.06 bits per heavy atom. The molecule has 1 aliphatic heterocycles. The van der Waals surface area contributed by atoms with E-state index < -0.39 is 11.7 Å². The number of pyridine rings is 2. The van der Waals surface area contributed by atoms with Crippen molar-refractivity contribution in [1.29, 1.82) is 0 Å². The van der Waals surface area contributed by atoms with Crippen LogP contribution in [0.3, 0.4) is 0 Å². The highest BCUT2D eigenvalue weighted by Gasteiger charge is 2.31. The van der Waals surface area contributed by atoms with Gasteiger partial charge in [0, 0.05) is 43.8 Å². The minimum Gasteiger partial charge on any atom is -0.497 e. The molecule has 178 valence electrons. The molecule has 0 radical (unpaired) electrons. The van der Waals surface area contributed by atoms with E-state index >= 15 is 0 Å². The van der Waals surface area contributed by atoms with E-state index in [2.05, 4.69) is 9.88 Å². The van der Waals surface area contributed by atoms with Crippen molar-refractivity contribution in [2.24, 2.45) is 0 Å². The smallest absolute Gasteiger partial charge is 0.417 e. The molecule has 0 N–H and O–H groups in total. The van der Waals surface area contributed by atoms with Crippen LogP contribution in [0.4, 0.5) is 19.0 Å². The number of ether oxygens (including phenoxy) is 1. The Balaban J connectivity index is 1.34. The monoisotopic (exact) mass is 488 g/mol. The number of rotatable bonds is 4. The molecule has 0 aliphatic carbocycles. The highest BCUT2D eigenvalue weighted by molar-refractivity contribution is 7.71. The predicted octanol–water partition coefficient (Wildman–Crippen LogP) is 4.53. The summed E-state index contributed by atoms with van der Waals surface area (Å²) in [5.41, 5.74) is 2.09. The molecule has 34 heavy (non-hydrogen) atoms. The van der Waals surface area contributed by atoms with Crippen molar-refractivity contribution >= 4 is 34.6 Å². The van der Waals surface area contributed by atoms with Gasteiger partial charge >= 0.3 is 6.18 Å². The van der Waals surface area contributed by atoms with Gasteiger partial charge in [0.15, 0.2) is 5.65 Å². The molecule has 7 nitrogen and oxygen atoms in total. The minimum absolute atomic E-state index is 0.527. The van der Waals surface area contributed by atoms with Gasteiger partial charge < -0.3 is 9.64 Å². The van der Waals surface area contributed by atoms with E-state index in [4.69, 9.17) is 22.1 Å². The second-order valence-electron chi connectivity index (χ2n) is 8.34. The number of hydrogen-bond acceptors (Lipinski definition) is 6. The van der Waals surface area contributed by atoms with Gasteiger partial charge in [0.2, 0.25) is 4.77 Å². The van der Waals surface area contributed by atoms with E-state index in [1.54, 1.807) is 7.11 Å². The molecule has 1 aromatic carbocycles. The maximum absolute atomic E-state index is 12.8. The first-order valence-corrected chi connectivity index (χ1v) is 11.2. The quantitative estimate of drug-likeness (QED) is 0.394. The van der Waals surface area contributed by atoms with Crippen LogP contribution in [0.2, 0.25) is 0 Å². The maximum Gasteiger partial charge on any atom is 0.417 e. The third-order valence-corrected chi connectivity index (χ3v) is 6.58. The first kappa shape index (κ1) is 22.6. The molecule has 1 fully saturated rings. The standard InChI is InChI=1S/C23H23F3N6OS/c1-15-11-21-28-31(22(34)32(21)19-12-17(33-2)4-5-18(15)19)14-29-7-9-30(10-8-29)20-6-3-16(13-27-20)23(24,25)26/h3-6,11-13H,7-10,14H2,1-2H3. The molecule has 1 aliphatic rings. The van der Waals surface area contributed by atoms with E-state index in [0.29, 0.717) is 43.4 Å². The van der Waals surface area contributed by atoms with Crippen LogP contribution in [0.15, 0.2) is 42.6 Å². The van der Waals surface area contributed by atoms with Crippen molar-refractivity contribution in [2.75, 3.05) is 38.2 Å². The zero-order valence-corrected chi connectivity index (χ0v) is 19.5. The van der Waals surface area contributed by atoms with E-state index in [0.717, 1.165) is 40.1 Å². The fourth-order valence-corrected chi connectivity index (χ4v) is 4.60. The summed E-state index contributed by atoms with van der Waals surface area (Å²) in [7, 11) is 1.64. The first-order chi connectivity index (χ1) is 16.2. The molecule has 0 spiro atoms. The van der Waals surface area contributed by atoms with Gasteiger partial charge in [-0.2, -0.15) is 18.3 Å². The number of benzene rings is 1. The van der Waals surface area contributed by atoms with Crippen molar-refractivity contribution in [3.05, 3.63) is 58.5 Å². The topological polar surface area (TPSA) is 50.8 Å². The third-order valence-electron chi connectivity index (χ3n) is 6.19. The van der Waals surface area contributed by atoms with Crippen LogP contribution in [0, 0.1) is 11.7 Å². The molecule has 1 saturated heterocycles. The lowest BCUT2D eigenvalue weighted by Gasteiger charge is -2.35. The number of nitrogens with zero attached hydrogens (tertiary/aromatic N) is 6. The third kappa shape index (κ3) is 4.09. The van der Waals surface area contributed by atoms with Crippen LogP contribution in [0.5, 0.6) is 5.75 Å². The van der Waals surface area contributed by atoms with Crippen molar-refractivity contribution in [2.45, 2.75) is 19.8 Å². The molecule has 0 amide bonds. The summed E-state index contributed by atoms with van der Waals surface area (Å²) in [6.45, 7) is 5.30. The van der Waals surface area contributed by atoms with Crippen LogP contribution in [0.1, 0.15) is 11.1 Å². The lowest BCUT2D eigenvalue weighted by Crippen LogP contribution is -2.47. The Morgan fingerprint density at radius 2 is 1.82 bits per heavy atom. The lowest BCUT2D eigenvalue weighted by atomic mass is 10.1. The van der Waals surface area contributed by atoms with Crippen molar-refractivity contribution in [3.8, 4) is 5.75 Å². The highest BCUT2D eigenvalue weighted by Crippen LogP contribution is 2.30. The number of methoxy groups -OCH3 is 1. The van der Waals surface area contributed by atoms with E-state index in [9.17, 15) is 13.2 Å². The second-order valence-corrected chi connectivity index (χ2v) is 8.70. The summed E-state index contributed by atoms with van der Waals surface area (Å²) in [6, 6.07) is 10.4. The molecular weight excluding hydrogens is 465 g/mol. The SMILES string of the molecule is COc1ccc2c(C)cc3nn(CN4CCN(c5ccc(C(F)(F)F)cn5)CC4)c(=S)n3c2c1. The molecule has 5 rings (SSSR count). The Labute approximate surface area is 199 Å². The molecule has 4 heterocycles. The van der Waals surface area contributed by atoms with Crippen molar-refractivity contribution in [3.63, 3.8) is 0 Å². The zero-order chi connectivity index (χ0) is 24.0. The molecule has 0 atom stereocenters. The number of hydrogen-bond donors (Lipinski definition) is 0. The molecule has 11 heteroatoms. The van der Waals surface area contributed by atoms with Gasteiger partial charge in [-0.1, -0.05) is 0 Å². The van der Waals surface area contributed by atoms with Gasteiger partial charge in [-0.3, -0.25) is 9.30 Å². The summed E-state index contributed by atoms with van der Waals surface area (Å²) in [5.74, 6) is 1.30. The average molecular weight is 489 g/mol. The average Bonchev–Trinajstić information content (AvgIpc) is 3.13. The Kier molecular flexibility index (Phi) is 5.68. The van der Waals surface area contributed by atoms with Gasteiger partial charge in [-0.15, -0.1) is 0 Å². The number of halogens is 3. The molecule has 0 saturated carbocycles. The summed E-state index contributed by atoms with van der Waals surface area (Å²) in [6.07, 6.45) is -3.49. The number of piperazine rings is 1. The summed E-state index contributed by atoms with van der Waals surface area (Å²) >= 11 is 5.77. The van der Waals surface area contributed by atoms with Crippen LogP contribution >= 0.6 is 12.2 Å². The normalized spacial score (nSPS) is 15.4. The largest absolute Gasteiger partial charge is 0.497 e. The fraction of sp³-hybridized carbons (Fsp3) is 0.348. The van der Waals surface area contributed by atoms with Gasteiger partial charge in [-0.25, -0.2) is 9.67 Å². The van der Waals surface area contributed by atoms with Gasteiger partial charge in [0.05, 0.1) is 24.9 Å². The minimum atomic E-state index is -4.38. The van der Waals surface area contributed by atoms with Gasteiger partial charge in [0.1, 0.15) is 11.6 Å². The van der Waals surface area contributed by atoms with E-state index in [-0.39, 0.29) is 0 Å². The van der Waals surface area contributed by atoms with Crippen LogP contribution in [0.25, 0.3) is 16.6 Å². The molecule has 0 bridgehead atoms. The second kappa shape index (κ2) is 8.55. The van der Waals surface area contributed by atoms with Crippen molar-refractivity contribution < 1.29 is 17.9 Å². The van der Waals surface area contributed by atoms with Crippen LogP contribution in [-0.2, 0) is 12.8 Å². The van der Waals surface area contributed by atoms with Crippen molar-refractivity contribution in [1.82, 2.24) is 24.1 Å². The first-order valence-electron chi connectivity index (χ1n) is 10.8. The van der Waals surface area contributed by atoms with Gasteiger partial charge in [0.25, 0.3) is 0 Å². The number of aromatic nitrogens is 4. The van der Waals surface area contributed by atoms with E-state index in [1.807, 2.05) is 45.2 Å². The highest BCUT2D eigenvalue weighted by atomic mass is 32.1. The summed E-state index contributed by atoms with van der Waals surface area (Å²) in [4.78, 5) is 8.22. The Hall–Kier alpha value is -3.18. The summed E-state index contributed by atoms with van der Waals surface area (Å²) < 4.78 is 48.1. The number of fused-ring (bicyclic) bond motifs is 3. The lowest BCUT2D eigenvalue weighted by molar-refractivity contribution is -0.137. The summed E-state index contributed by atoms with van der Waals surface area (Å²) in [5, 5.41) is 5.83. The van der Waals surface area contributed by atoms with Crippen LogP contribution in [-0.4, -0.2) is 57.4 Å². The predicted molar refractivity (Wildman–Crippen MR) is 126 cm³/mol. The Morgan fingerprint density at radius 3 is 2.47 bits per heavy atom. The molecular formula is C23H23F3N6OS. The zero-order valence-electron chi connectivity index (χ0n) is 18.7. The Bertz CT molecular complexity index is 1410. The fourth-order valence-electron chi connectivity index (χ4n) is 4.31.